The first kappa shape index (κ1) is 15.0. The minimum absolute atomic E-state index is 0.0346. The van der Waals surface area contributed by atoms with Gasteiger partial charge in [0.25, 0.3) is 0 Å². The Labute approximate surface area is 123 Å². The van der Waals surface area contributed by atoms with E-state index >= 15 is 0 Å². The van der Waals surface area contributed by atoms with Gasteiger partial charge in [-0.2, -0.15) is 0 Å². The SMILES string of the molecule is CNC(C)c1cccc(Oc2cc(C)ccc2[N+](=O)[O-])c1. The van der Waals surface area contributed by atoms with Gasteiger partial charge in [-0.25, -0.2) is 0 Å². The minimum atomic E-state index is -0.436. The van der Waals surface area contributed by atoms with Crippen molar-refractivity contribution in [1.82, 2.24) is 5.32 Å². The molecule has 0 saturated heterocycles. The number of hydrogen-bond acceptors (Lipinski definition) is 4. The highest BCUT2D eigenvalue weighted by Gasteiger charge is 2.16. The lowest BCUT2D eigenvalue weighted by Crippen LogP contribution is -2.12. The van der Waals surface area contributed by atoms with Crippen LogP contribution >= 0.6 is 0 Å². The molecule has 0 aliphatic carbocycles. The molecule has 5 heteroatoms. The van der Waals surface area contributed by atoms with Crippen molar-refractivity contribution in [3.8, 4) is 11.5 Å². The van der Waals surface area contributed by atoms with Gasteiger partial charge in [0.1, 0.15) is 5.75 Å². The summed E-state index contributed by atoms with van der Waals surface area (Å²) < 4.78 is 5.72. The van der Waals surface area contributed by atoms with Gasteiger partial charge in [-0.05, 0) is 50.2 Å². The summed E-state index contributed by atoms with van der Waals surface area (Å²) in [5, 5.41) is 14.2. The predicted octanol–water partition coefficient (Wildman–Crippen LogP) is 3.98. The Morgan fingerprint density at radius 3 is 2.67 bits per heavy atom. The molecule has 1 unspecified atom stereocenters. The number of ether oxygens (including phenoxy) is 1. The van der Waals surface area contributed by atoms with E-state index < -0.39 is 4.92 Å². The first-order valence-electron chi connectivity index (χ1n) is 6.71. The third kappa shape index (κ3) is 3.58. The Kier molecular flexibility index (Phi) is 4.55. The fourth-order valence-electron chi connectivity index (χ4n) is 1.99. The molecule has 1 N–H and O–H groups in total. The Hall–Kier alpha value is -2.40. The molecule has 2 aromatic rings. The van der Waals surface area contributed by atoms with Gasteiger partial charge in [-0.15, -0.1) is 0 Å². The zero-order valence-electron chi connectivity index (χ0n) is 12.3. The van der Waals surface area contributed by atoms with E-state index in [0.29, 0.717) is 5.75 Å². The molecule has 110 valence electrons. The van der Waals surface area contributed by atoms with Crippen molar-refractivity contribution in [3.63, 3.8) is 0 Å². The molecule has 0 spiro atoms. The van der Waals surface area contributed by atoms with Gasteiger partial charge >= 0.3 is 5.69 Å². The lowest BCUT2D eigenvalue weighted by Gasteiger charge is -2.13. The highest BCUT2D eigenvalue weighted by molar-refractivity contribution is 5.50. The van der Waals surface area contributed by atoms with Crippen LogP contribution in [0, 0.1) is 17.0 Å². The van der Waals surface area contributed by atoms with Crippen LogP contribution in [0.25, 0.3) is 0 Å². The van der Waals surface area contributed by atoms with Crippen LogP contribution in [0.2, 0.25) is 0 Å². The average Bonchev–Trinajstić information content (AvgIpc) is 2.46. The van der Waals surface area contributed by atoms with Crippen LogP contribution in [0.4, 0.5) is 5.69 Å². The van der Waals surface area contributed by atoms with Gasteiger partial charge in [0.05, 0.1) is 4.92 Å². The number of nitrogens with zero attached hydrogens (tertiary/aromatic N) is 1. The molecule has 0 saturated carbocycles. The normalized spacial score (nSPS) is 12.0. The second-order valence-corrected chi connectivity index (χ2v) is 4.91. The maximum Gasteiger partial charge on any atom is 0.311 e. The topological polar surface area (TPSA) is 64.4 Å². The lowest BCUT2D eigenvalue weighted by atomic mass is 10.1. The predicted molar refractivity (Wildman–Crippen MR) is 81.8 cm³/mol. The van der Waals surface area contributed by atoms with Gasteiger partial charge in [-0.3, -0.25) is 10.1 Å². The fraction of sp³-hybridized carbons (Fsp3) is 0.250. The van der Waals surface area contributed by atoms with Crippen LogP contribution in [0.15, 0.2) is 42.5 Å². The second kappa shape index (κ2) is 6.37. The highest BCUT2D eigenvalue weighted by Crippen LogP contribution is 2.32. The molecule has 1 atom stereocenters. The molecular formula is C16H18N2O3. The molecule has 0 aliphatic heterocycles. The van der Waals surface area contributed by atoms with Crippen LogP contribution < -0.4 is 10.1 Å². The third-order valence-electron chi connectivity index (χ3n) is 3.33. The quantitative estimate of drug-likeness (QED) is 0.667. The van der Waals surface area contributed by atoms with Crippen LogP contribution in [0.5, 0.6) is 11.5 Å². The molecule has 0 aliphatic rings. The summed E-state index contributed by atoms with van der Waals surface area (Å²) in [6.45, 7) is 3.91. The van der Waals surface area contributed by atoms with Gasteiger partial charge in [0.15, 0.2) is 0 Å². The first-order chi connectivity index (χ1) is 10.0. The third-order valence-corrected chi connectivity index (χ3v) is 3.33. The smallest absolute Gasteiger partial charge is 0.311 e. The van der Waals surface area contributed by atoms with Gasteiger partial charge in [-0.1, -0.05) is 18.2 Å². The Morgan fingerprint density at radius 2 is 2.00 bits per heavy atom. The van der Waals surface area contributed by atoms with Gasteiger partial charge in [0, 0.05) is 12.1 Å². The Balaban J connectivity index is 2.34. The summed E-state index contributed by atoms with van der Waals surface area (Å²) in [6.07, 6.45) is 0. The maximum atomic E-state index is 11.1. The van der Waals surface area contributed by atoms with E-state index in [1.807, 2.05) is 39.1 Å². The Bertz CT molecular complexity index is 656. The van der Waals surface area contributed by atoms with E-state index in [2.05, 4.69) is 5.32 Å². The second-order valence-electron chi connectivity index (χ2n) is 4.91. The molecule has 2 rings (SSSR count). The molecule has 0 aromatic heterocycles. The lowest BCUT2D eigenvalue weighted by molar-refractivity contribution is -0.385. The summed E-state index contributed by atoms with van der Waals surface area (Å²) in [5.74, 6) is 0.845. The highest BCUT2D eigenvalue weighted by atomic mass is 16.6. The molecular weight excluding hydrogens is 268 g/mol. The number of hydrogen-bond donors (Lipinski definition) is 1. The molecule has 0 heterocycles. The molecule has 0 bridgehead atoms. The monoisotopic (exact) mass is 286 g/mol. The van der Waals surface area contributed by atoms with Crippen molar-refractivity contribution in [3.05, 3.63) is 63.7 Å². The number of nitro benzene ring substituents is 1. The van der Waals surface area contributed by atoms with E-state index in [9.17, 15) is 10.1 Å². The summed E-state index contributed by atoms with van der Waals surface area (Å²) in [6, 6.07) is 12.5. The van der Waals surface area contributed by atoms with Gasteiger partial charge < -0.3 is 10.1 Å². The molecule has 0 fully saturated rings. The van der Waals surface area contributed by atoms with Crippen LogP contribution in [0.1, 0.15) is 24.1 Å². The van der Waals surface area contributed by atoms with Crippen molar-refractivity contribution in [2.24, 2.45) is 0 Å². The van der Waals surface area contributed by atoms with Crippen LogP contribution in [-0.4, -0.2) is 12.0 Å². The standard InChI is InChI=1S/C16H18N2O3/c1-11-7-8-15(18(19)20)16(9-11)21-14-6-4-5-13(10-14)12(2)17-3/h4-10,12,17H,1-3H3. The first-order valence-corrected chi connectivity index (χ1v) is 6.71. The summed E-state index contributed by atoms with van der Waals surface area (Å²) in [4.78, 5) is 10.6. The maximum absolute atomic E-state index is 11.1. The van der Waals surface area contributed by atoms with Crippen molar-refractivity contribution in [1.29, 1.82) is 0 Å². The molecule has 21 heavy (non-hydrogen) atoms. The fourth-order valence-corrected chi connectivity index (χ4v) is 1.99. The largest absolute Gasteiger partial charge is 0.450 e. The number of nitro groups is 1. The number of benzene rings is 2. The van der Waals surface area contributed by atoms with E-state index in [0.717, 1.165) is 11.1 Å². The molecule has 5 nitrogen and oxygen atoms in total. The zero-order chi connectivity index (χ0) is 15.4. The van der Waals surface area contributed by atoms with E-state index in [1.54, 1.807) is 18.2 Å². The van der Waals surface area contributed by atoms with Gasteiger partial charge in [0.2, 0.25) is 5.75 Å². The molecule has 0 amide bonds. The molecule has 0 radical (unpaired) electrons. The Morgan fingerprint density at radius 1 is 1.24 bits per heavy atom. The van der Waals surface area contributed by atoms with Crippen molar-refractivity contribution in [2.45, 2.75) is 19.9 Å². The van der Waals surface area contributed by atoms with Crippen molar-refractivity contribution < 1.29 is 9.66 Å². The number of nitrogens with one attached hydrogen (secondary N) is 1. The number of aryl methyl sites for hydroxylation is 1. The van der Waals surface area contributed by atoms with E-state index in [-0.39, 0.29) is 17.5 Å². The summed E-state index contributed by atoms with van der Waals surface area (Å²) in [7, 11) is 1.88. The number of rotatable bonds is 5. The van der Waals surface area contributed by atoms with Crippen LogP contribution in [-0.2, 0) is 0 Å². The summed E-state index contributed by atoms with van der Waals surface area (Å²) in [5.41, 5.74) is 1.94. The minimum Gasteiger partial charge on any atom is -0.450 e. The van der Waals surface area contributed by atoms with Crippen molar-refractivity contribution in [2.75, 3.05) is 7.05 Å². The average molecular weight is 286 g/mol. The van der Waals surface area contributed by atoms with Crippen molar-refractivity contribution >= 4 is 5.69 Å². The van der Waals surface area contributed by atoms with Crippen LogP contribution in [0.3, 0.4) is 0 Å². The van der Waals surface area contributed by atoms with E-state index in [1.165, 1.54) is 6.07 Å². The summed E-state index contributed by atoms with van der Waals surface area (Å²) >= 11 is 0. The molecule has 2 aromatic carbocycles. The zero-order valence-corrected chi connectivity index (χ0v) is 12.3. The van der Waals surface area contributed by atoms with E-state index in [4.69, 9.17) is 4.74 Å².